The Labute approximate surface area is 310 Å². The lowest BCUT2D eigenvalue weighted by Gasteiger charge is -2.20. The molecule has 0 aliphatic heterocycles. The number of esters is 1. The summed E-state index contributed by atoms with van der Waals surface area (Å²) < 4.78 is 5.42. The van der Waals surface area contributed by atoms with Gasteiger partial charge in [0.2, 0.25) is 5.91 Å². The maximum Gasteiger partial charge on any atom is 0.305 e. The van der Waals surface area contributed by atoms with Crippen molar-refractivity contribution in [2.45, 2.75) is 231 Å². The molecule has 0 saturated carbocycles. The van der Waals surface area contributed by atoms with Gasteiger partial charge in [-0.1, -0.05) is 173 Å². The predicted octanol–water partition coefficient (Wildman–Crippen LogP) is 12.0. The Balaban J connectivity index is 3.52. The number of hydrogen-bond donors (Lipinski definition) is 3. The highest BCUT2D eigenvalue weighted by Gasteiger charge is 2.18. The summed E-state index contributed by atoms with van der Waals surface area (Å²) in [5.41, 5.74) is 0. The molecule has 0 heterocycles. The van der Waals surface area contributed by atoms with E-state index in [9.17, 15) is 19.8 Å². The van der Waals surface area contributed by atoms with Crippen molar-refractivity contribution in [3.8, 4) is 0 Å². The number of aliphatic hydroxyl groups is 2. The van der Waals surface area contributed by atoms with Crippen LogP contribution in [0.1, 0.15) is 219 Å². The van der Waals surface area contributed by atoms with Crippen LogP contribution < -0.4 is 5.32 Å². The molecule has 0 radical (unpaired) electrons. The molecule has 1 amide bonds. The Morgan fingerprint density at radius 1 is 0.540 bits per heavy atom. The van der Waals surface area contributed by atoms with Crippen LogP contribution >= 0.6 is 0 Å². The van der Waals surface area contributed by atoms with Gasteiger partial charge in [-0.15, -0.1) is 0 Å². The molecule has 294 valence electrons. The quantitative estimate of drug-likeness (QED) is 0.0336. The number of ether oxygens (including phenoxy) is 1. The molecule has 0 fully saturated rings. The van der Waals surface area contributed by atoms with Crippen molar-refractivity contribution in [1.29, 1.82) is 0 Å². The summed E-state index contributed by atoms with van der Waals surface area (Å²) in [6.07, 6.45) is 44.4. The van der Waals surface area contributed by atoms with Crippen molar-refractivity contribution in [1.82, 2.24) is 5.32 Å². The molecule has 6 nitrogen and oxygen atoms in total. The maximum absolute atomic E-state index is 12.3. The number of carbonyl (C=O) groups is 2. The van der Waals surface area contributed by atoms with Crippen LogP contribution in [0.4, 0.5) is 0 Å². The van der Waals surface area contributed by atoms with E-state index >= 15 is 0 Å². The highest BCUT2D eigenvalue weighted by molar-refractivity contribution is 5.76. The van der Waals surface area contributed by atoms with E-state index in [1.165, 1.54) is 135 Å². The number of unbranched alkanes of at least 4 members (excludes halogenated alkanes) is 26. The second-order valence-corrected chi connectivity index (χ2v) is 14.7. The first-order chi connectivity index (χ1) is 24.5. The Morgan fingerprint density at radius 3 is 1.44 bits per heavy atom. The molecule has 0 aromatic carbocycles. The first-order valence-electron chi connectivity index (χ1n) is 21.6. The van der Waals surface area contributed by atoms with Gasteiger partial charge in [0.25, 0.3) is 0 Å². The van der Waals surface area contributed by atoms with Crippen molar-refractivity contribution in [3.63, 3.8) is 0 Å². The van der Waals surface area contributed by atoms with Crippen molar-refractivity contribution < 1.29 is 24.5 Å². The highest BCUT2D eigenvalue weighted by atomic mass is 16.5. The fourth-order valence-corrected chi connectivity index (χ4v) is 6.33. The molecule has 0 bridgehead atoms. The Kier molecular flexibility index (Phi) is 38.8. The standard InChI is InChI=1S/C44H83NO5/c1-3-5-7-9-11-13-15-16-17-22-26-30-34-38-44(49)50-39-35-31-27-23-19-18-21-25-29-33-37-43(48)45-41(40-46)42(47)36-32-28-24-20-14-12-10-8-6-4-2/h13,15,32,36,41-42,46-47H,3-12,14,16-31,33-35,37-40H2,1-2H3,(H,45,48)/b15-13-,36-32+. The van der Waals surface area contributed by atoms with E-state index in [1.807, 2.05) is 6.08 Å². The molecule has 0 aromatic heterocycles. The van der Waals surface area contributed by atoms with Crippen LogP contribution in [0.5, 0.6) is 0 Å². The Bertz CT molecular complexity index is 782. The third-order valence-electron chi connectivity index (χ3n) is 9.72. The third-order valence-corrected chi connectivity index (χ3v) is 9.72. The summed E-state index contributed by atoms with van der Waals surface area (Å²) in [6, 6.07) is -0.642. The smallest absolute Gasteiger partial charge is 0.305 e. The normalized spacial score (nSPS) is 13.0. The lowest BCUT2D eigenvalue weighted by molar-refractivity contribution is -0.143. The first-order valence-corrected chi connectivity index (χ1v) is 21.6. The zero-order chi connectivity index (χ0) is 36.6. The van der Waals surface area contributed by atoms with Crippen molar-refractivity contribution in [2.75, 3.05) is 13.2 Å². The Morgan fingerprint density at radius 2 is 0.940 bits per heavy atom. The molecule has 50 heavy (non-hydrogen) atoms. The molecular formula is C44H83NO5. The van der Waals surface area contributed by atoms with Gasteiger partial charge in [-0.2, -0.15) is 0 Å². The van der Waals surface area contributed by atoms with Gasteiger partial charge in [-0.25, -0.2) is 0 Å². The van der Waals surface area contributed by atoms with Crippen LogP contribution in [-0.2, 0) is 14.3 Å². The van der Waals surface area contributed by atoms with Gasteiger partial charge < -0.3 is 20.3 Å². The molecule has 2 unspecified atom stereocenters. The number of allylic oxidation sites excluding steroid dienone is 3. The fourth-order valence-electron chi connectivity index (χ4n) is 6.33. The minimum atomic E-state index is -0.856. The van der Waals surface area contributed by atoms with Crippen LogP contribution in [0.25, 0.3) is 0 Å². The minimum Gasteiger partial charge on any atom is -0.466 e. The molecule has 0 aliphatic carbocycles. The summed E-state index contributed by atoms with van der Waals surface area (Å²) >= 11 is 0. The SMILES string of the molecule is CCCCCC/C=C\CCCCCCCC(=O)OCCCCCCCCCCCCC(=O)NC(CO)C(O)/C=C/CCCCCCCCCC. The van der Waals surface area contributed by atoms with Crippen LogP contribution in [-0.4, -0.2) is 47.4 Å². The van der Waals surface area contributed by atoms with Crippen molar-refractivity contribution >= 4 is 11.9 Å². The molecule has 0 saturated heterocycles. The predicted molar refractivity (Wildman–Crippen MR) is 213 cm³/mol. The second kappa shape index (κ2) is 40.1. The second-order valence-electron chi connectivity index (χ2n) is 14.7. The number of rotatable bonds is 39. The van der Waals surface area contributed by atoms with E-state index < -0.39 is 12.1 Å². The fraction of sp³-hybridized carbons (Fsp3) is 0.864. The highest BCUT2D eigenvalue weighted by Crippen LogP contribution is 2.14. The molecule has 0 rings (SSSR count). The average Bonchev–Trinajstić information content (AvgIpc) is 3.11. The van der Waals surface area contributed by atoms with E-state index in [0.717, 1.165) is 57.8 Å². The van der Waals surface area contributed by atoms with E-state index in [2.05, 4.69) is 31.3 Å². The lowest BCUT2D eigenvalue weighted by Crippen LogP contribution is -2.45. The van der Waals surface area contributed by atoms with Crippen LogP contribution in [0, 0.1) is 0 Å². The van der Waals surface area contributed by atoms with E-state index in [0.29, 0.717) is 19.4 Å². The van der Waals surface area contributed by atoms with Crippen LogP contribution in [0.3, 0.4) is 0 Å². The largest absolute Gasteiger partial charge is 0.466 e. The summed E-state index contributed by atoms with van der Waals surface area (Å²) in [5.74, 6) is -0.126. The van der Waals surface area contributed by atoms with Gasteiger partial charge in [-0.3, -0.25) is 9.59 Å². The van der Waals surface area contributed by atoms with Gasteiger partial charge in [0.05, 0.1) is 25.4 Å². The number of amides is 1. The minimum absolute atomic E-state index is 0.0314. The van der Waals surface area contributed by atoms with E-state index in [4.69, 9.17) is 4.74 Å². The number of nitrogens with one attached hydrogen (secondary N) is 1. The molecule has 3 N–H and O–H groups in total. The van der Waals surface area contributed by atoms with Crippen LogP contribution in [0.15, 0.2) is 24.3 Å². The maximum atomic E-state index is 12.3. The molecule has 0 aliphatic rings. The number of carbonyl (C=O) groups excluding carboxylic acids is 2. The van der Waals surface area contributed by atoms with E-state index in [-0.39, 0.29) is 18.5 Å². The topological polar surface area (TPSA) is 95.9 Å². The van der Waals surface area contributed by atoms with Gasteiger partial charge in [0.1, 0.15) is 0 Å². The third kappa shape index (κ3) is 36.1. The van der Waals surface area contributed by atoms with E-state index in [1.54, 1.807) is 6.08 Å². The molecule has 0 spiro atoms. The average molecular weight is 706 g/mol. The summed E-state index contributed by atoms with van der Waals surface area (Å²) in [4.78, 5) is 24.3. The lowest BCUT2D eigenvalue weighted by atomic mass is 10.1. The summed E-state index contributed by atoms with van der Waals surface area (Å²) in [5, 5.41) is 22.8. The molecule has 6 heteroatoms. The monoisotopic (exact) mass is 706 g/mol. The summed E-state index contributed by atoms with van der Waals surface area (Å²) in [6.45, 7) is 4.79. The number of aliphatic hydroxyl groups excluding tert-OH is 2. The van der Waals surface area contributed by atoms with Gasteiger partial charge in [-0.05, 0) is 57.8 Å². The Hall–Kier alpha value is -1.66. The van der Waals surface area contributed by atoms with Gasteiger partial charge in [0.15, 0.2) is 0 Å². The first kappa shape index (κ1) is 48.3. The molecule has 0 aromatic rings. The zero-order valence-electron chi connectivity index (χ0n) is 33.1. The number of hydrogen-bond acceptors (Lipinski definition) is 5. The van der Waals surface area contributed by atoms with Gasteiger partial charge >= 0.3 is 5.97 Å². The van der Waals surface area contributed by atoms with Gasteiger partial charge in [0, 0.05) is 12.8 Å². The zero-order valence-corrected chi connectivity index (χ0v) is 33.1. The van der Waals surface area contributed by atoms with Crippen molar-refractivity contribution in [2.24, 2.45) is 0 Å². The van der Waals surface area contributed by atoms with Crippen molar-refractivity contribution in [3.05, 3.63) is 24.3 Å². The summed E-state index contributed by atoms with van der Waals surface area (Å²) in [7, 11) is 0. The van der Waals surface area contributed by atoms with Crippen LogP contribution in [0.2, 0.25) is 0 Å². The molecule has 2 atom stereocenters. The molecular weight excluding hydrogens is 622 g/mol.